The van der Waals surface area contributed by atoms with Crippen LogP contribution in [0.1, 0.15) is 10.4 Å². The maximum absolute atomic E-state index is 11.1. The van der Waals surface area contributed by atoms with E-state index in [2.05, 4.69) is 15.6 Å². The van der Waals surface area contributed by atoms with E-state index in [4.69, 9.17) is 11.5 Å². The molecular weight excluding hydrogens is 232 g/mol. The number of hydrogen-bond donors (Lipinski definition) is 3. The van der Waals surface area contributed by atoms with Crippen molar-refractivity contribution in [3.8, 4) is 0 Å². The molecule has 94 valence electrons. The fourth-order valence-corrected chi connectivity index (χ4v) is 1.55. The van der Waals surface area contributed by atoms with Gasteiger partial charge in [0, 0.05) is 24.1 Å². The molecule has 0 fully saturated rings. The molecule has 7 nitrogen and oxygen atoms in total. The summed E-state index contributed by atoms with van der Waals surface area (Å²) in [6, 6.07) is 5.08. The minimum Gasteiger partial charge on any atom is -0.398 e. The zero-order chi connectivity index (χ0) is 13.0. The fraction of sp³-hybridized carbons (Fsp3) is 0.182. The van der Waals surface area contributed by atoms with Crippen molar-refractivity contribution in [1.29, 1.82) is 0 Å². The van der Waals surface area contributed by atoms with Crippen molar-refractivity contribution in [3.63, 3.8) is 0 Å². The number of anilines is 2. The number of nitrogens with two attached hydrogens (primary N) is 2. The molecule has 18 heavy (non-hydrogen) atoms. The van der Waals surface area contributed by atoms with E-state index >= 15 is 0 Å². The predicted octanol–water partition coefficient (Wildman–Crippen LogP) is 0.0713. The van der Waals surface area contributed by atoms with Crippen LogP contribution in [0.2, 0.25) is 0 Å². The van der Waals surface area contributed by atoms with Gasteiger partial charge in [-0.05, 0) is 18.2 Å². The predicted molar refractivity (Wildman–Crippen MR) is 67.9 cm³/mol. The van der Waals surface area contributed by atoms with E-state index in [0.29, 0.717) is 24.3 Å². The molecule has 0 aliphatic heterocycles. The summed E-state index contributed by atoms with van der Waals surface area (Å²) in [4.78, 5) is 11.1. The van der Waals surface area contributed by atoms with Crippen molar-refractivity contribution in [3.05, 3.63) is 36.2 Å². The minimum atomic E-state index is -0.535. The first kappa shape index (κ1) is 11.9. The van der Waals surface area contributed by atoms with Gasteiger partial charge in [0.2, 0.25) is 0 Å². The molecule has 0 aliphatic carbocycles. The summed E-state index contributed by atoms with van der Waals surface area (Å²) >= 11 is 0. The van der Waals surface area contributed by atoms with Gasteiger partial charge in [0.05, 0.1) is 18.3 Å². The van der Waals surface area contributed by atoms with Gasteiger partial charge in [0.1, 0.15) is 0 Å². The van der Waals surface area contributed by atoms with Crippen molar-refractivity contribution >= 4 is 17.3 Å². The third-order valence-electron chi connectivity index (χ3n) is 2.46. The molecule has 0 atom stereocenters. The van der Waals surface area contributed by atoms with Crippen LogP contribution in [0.15, 0.2) is 30.6 Å². The number of rotatable bonds is 5. The SMILES string of the molecule is NC(=O)c1cc(NCCn2ccnn2)ccc1N. The average molecular weight is 246 g/mol. The first-order valence-corrected chi connectivity index (χ1v) is 5.44. The Kier molecular flexibility index (Phi) is 3.42. The summed E-state index contributed by atoms with van der Waals surface area (Å²) in [5.41, 5.74) is 12.4. The quantitative estimate of drug-likeness (QED) is 0.646. The standard InChI is InChI=1S/C11H14N6O/c12-10-2-1-8(7-9(10)11(13)18)14-3-5-17-6-4-15-16-17/h1-2,4,6-7,14H,3,5,12H2,(H2,13,18). The topological polar surface area (TPSA) is 112 Å². The smallest absolute Gasteiger partial charge is 0.250 e. The summed E-state index contributed by atoms with van der Waals surface area (Å²) in [5.74, 6) is -0.535. The van der Waals surface area contributed by atoms with Crippen LogP contribution in [0, 0.1) is 0 Å². The van der Waals surface area contributed by atoms with Crippen molar-refractivity contribution in [1.82, 2.24) is 15.0 Å². The number of nitrogens with zero attached hydrogens (tertiary/aromatic N) is 3. The van der Waals surface area contributed by atoms with E-state index in [1.807, 2.05) is 0 Å². The van der Waals surface area contributed by atoms with E-state index in [1.54, 1.807) is 35.3 Å². The molecule has 1 aromatic heterocycles. The molecule has 0 aliphatic rings. The zero-order valence-electron chi connectivity index (χ0n) is 9.71. The molecule has 5 N–H and O–H groups in total. The van der Waals surface area contributed by atoms with Gasteiger partial charge in [-0.2, -0.15) is 0 Å². The summed E-state index contributed by atoms with van der Waals surface area (Å²) in [6.07, 6.45) is 3.40. The van der Waals surface area contributed by atoms with Crippen molar-refractivity contribution in [2.24, 2.45) is 5.73 Å². The summed E-state index contributed by atoms with van der Waals surface area (Å²) in [6.45, 7) is 1.34. The van der Waals surface area contributed by atoms with E-state index in [-0.39, 0.29) is 0 Å². The summed E-state index contributed by atoms with van der Waals surface area (Å²) < 4.78 is 1.71. The highest BCUT2D eigenvalue weighted by molar-refractivity contribution is 5.98. The number of benzene rings is 1. The lowest BCUT2D eigenvalue weighted by Crippen LogP contribution is -2.15. The number of nitrogens with one attached hydrogen (secondary N) is 1. The van der Waals surface area contributed by atoms with Crippen molar-refractivity contribution in [2.75, 3.05) is 17.6 Å². The lowest BCUT2D eigenvalue weighted by atomic mass is 10.1. The maximum atomic E-state index is 11.1. The highest BCUT2D eigenvalue weighted by Crippen LogP contribution is 2.17. The van der Waals surface area contributed by atoms with Crippen LogP contribution in [-0.2, 0) is 6.54 Å². The van der Waals surface area contributed by atoms with Gasteiger partial charge in [-0.15, -0.1) is 5.10 Å². The molecule has 0 unspecified atom stereocenters. The van der Waals surface area contributed by atoms with Crippen LogP contribution in [0.25, 0.3) is 0 Å². The highest BCUT2D eigenvalue weighted by atomic mass is 16.1. The lowest BCUT2D eigenvalue weighted by Gasteiger charge is -2.08. The second kappa shape index (κ2) is 5.17. The lowest BCUT2D eigenvalue weighted by molar-refractivity contribution is 0.100. The van der Waals surface area contributed by atoms with E-state index in [9.17, 15) is 4.79 Å². The van der Waals surface area contributed by atoms with Gasteiger partial charge < -0.3 is 16.8 Å². The van der Waals surface area contributed by atoms with Gasteiger partial charge in [0.25, 0.3) is 5.91 Å². The van der Waals surface area contributed by atoms with Crippen molar-refractivity contribution in [2.45, 2.75) is 6.54 Å². The molecule has 0 saturated heterocycles. The molecule has 2 aromatic rings. The summed E-state index contributed by atoms with van der Waals surface area (Å²) in [7, 11) is 0. The molecule has 7 heteroatoms. The largest absolute Gasteiger partial charge is 0.398 e. The van der Waals surface area contributed by atoms with Gasteiger partial charge in [-0.3, -0.25) is 9.48 Å². The van der Waals surface area contributed by atoms with Crippen LogP contribution in [0.5, 0.6) is 0 Å². The minimum absolute atomic E-state index is 0.320. The highest BCUT2D eigenvalue weighted by Gasteiger charge is 2.06. The Balaban J connectivity index is 1.97. The van der Waals surface area contributed by atoms with Crippen LogP contribution in [0.3, 0.4) is 0 Å². The number of amides is 1. The number of nitrogen functional groups attached to an aromatic ring is 1. The van der Waals surface area contributed by atoms with Crippen molar-refractivity contribution < 1.29 is 4.79 Å². The zero-order valence-corrected chi connectivity index (χ0v) is 9.71. The average Bonchev–Trinajstić information content (AvgIpc) is 2.84. The maximum Gasteiger partial charge on any atom is 0.250 e. The van der Waals surface area contributed by atoms with E-state index in [1.165, 1.54) is 0 Å². The molecule has 0 spiro atoms. The Morgan fingerprint density at radius 2 is 2.28 bits per heavy atom. The Hall–Kier alpha value is -2.57. The second-order valence-corrected chi connectivity index (χ2v) is 3.76. The van der Waals surface area contributed by atoms with Gasteiger partial charge in [-0.25, -0.2) is 0 Å². The monoisotopic (exact) mass is 246 g/mol. The number of primary amides is 1. The van der Waals surface area contributed by atoms with Crippen LogP contribution in [-0.4, -0.2) is 27.4 Å². The Labute approximate surface area is 104 Å². The Bertz CT molecular complexity index is 536. The van der Waals surface area contributed by atoms with Crippen LogP contribution in [0.4, 0.5) is 11.4 Å². The van der Waals surface area contributed by atoms with Gasteiger partial charge in [0.15, 0.2) is 0 Å². The molecule has 1 amide bonds. The molecule has 0 saturated carbocycles. The number of carbonyl (C=O) groups excluding carboxylic acids is 1. The number of carbonyl (C=O) groups is 1. The third-order valence-corrected chi connectivity index (χ3v) is 2.46. The van der Waals surface area contributed by atoms with E-state index in [0.717, 1.165) is 5.69 Å². The van der Waals surface area contributed by atoms with Gasteiger partial charge >= 0.3 is 0 Å². The third kappa shape index (κ3) is 2.76. The fourth-order valence-electron chi connectivity index (χ4n) is 1.55. The molecule has 1 heterocycles. The first-order chi connectivity index (χ1) is 8.66. The number of hydrogen-bond acceptors (Lipinski definition) is 5. The Morgan fingerprint density at radius 3 is 2.94 bits per heavy atom. The molecule has 1 aromatic carbocycles. The molecule has 0 radical (unpaired) electrons. The molecule has 0 bridgehead atoms. The molecular formula is C11H14N6O. The first-order valence-electron chi connectivity index (χ1n) is 5.44. The van der Waals surface area contributed by atoms with E-state index < -0.39 is 5.91 Å². The normalized spacial score (nSPS) is 10.2. The van der Waals surface area contributed by atoms with Crippen LogP contribution < -0.4 is 16.8 Å². The number of aromatic nitrogens is 3. The Morgan fingerprint density at radius 1 is 1.44 bits per heavy atom. The van der Waals surface area contributed by atoms with Crippen LogP contribution >= 0.6 is 0 Å². The van der Waals surface area contributed by atoms with Gasteiger partial charge in [-0.1, -0.05) is 5.21 Å². The molecule has 2 rings (SSSR count). The summed E-state index contributed by atoms with van der Waals surface area (Å²) in [5, 5.41) is 10.7. The second-order valence-electron chi connectivity index (χ2n) is 3.76.